The highest BCUT2D eigenvalue weighted by Crippen LogP contribution is 2.21. The van der Waals surface area contributed by atoms with E-state index in [-0.39, 0.29) is 0 Å². The number of hydrogen-bond donors (Lipinski definition) is 2. The highest BCUT2D eigenvalue weighted by atomic mass is 79.9. The van der Waals surface area contributed by atoms with E-state index in [4.69, 9.17) is 5.26 Å². The van der Waals surface area contributed by atoms with E-state index >= 15 is 0 Å². The van der Waals surface area contributed by atoms with Gasteiger partial charge < -0.3 is 5.32 Å². The lowest BCUT2D eigenvalue weighted by Crippen LogP contribution is -1.93. The molecule has 0 amide bonds. The molecule has 0 aliphatic rings. The largest absolute Gasteiger partial charge is 0.325 e. The zero-order chi connectivity index (χ0) is 15.1. The Balaban J connectivity index is 1.76. The van der Waals surface area contributed by atoms with Crippen molar-refractivity contribution in [3.05, 3.63) is 52.5 Å². The van der Waals surface area contributed by atoms with Crippen molar-refractivity contribution in [2.75, 3.05) is 5.32 Å². The maximum Gasteiger partial charge on any atom is 0.253 e. The highest BCUT2D eigenvalue weighted by Gasteiger charge is 2.10. The Labute approximate surface area is 133 Å². The topological polar surface area (TPSA) is 81.8 Å². The summed E-state index contributed by atoms with van der Waals surface area (Å²) in [6, 6.07) is 15.3. The molecule has 2 heterocycles. The van der Waals surface area contributed by atoms with Crippen LogP contribution in [0.5, 0.6) is 0 Å². The number of nitriles is 1. The lowest BCUT2D eigenvalue weighted by Gasteiger charge is -2.02. The molecule has 6 nitrogen and oxygen atoms in total. The average molecular weight is 353 g/mol. The molecule has 0 aliphatic heterocycles. The maximum absolute atomic E-state index is 8.93. The van der Waals surface area contributed by atoms with E-state index in [1.165, 1.54) is 0 Å². The second-order valence-corrected chi connectivity index (χ2v) is 5.69. The lowest BCUT2D eigenvalue weighted by atomic mass is 10.2. The quantitative estimate of drug-likeness (QED) is 0.577. The first kappa shape index (κ1) is 12.9. The predicted molar refractivity (Wildman–Crippen MR) is 87.0 cm³/mol. The molecule has 0 fully saturated rings. The number of fused-ring (bicyclic) bond motifs is 3. The number of benzene rings is 2. The standard InChI is InChI=1S/C15H9BrN6/c16-10-2-1-3-11(7-10)18-14-20-15-19-12-6-9(8-17)4-5-13(12)22(15)21-14/h1-7H,(H2,18,19,20,21). The van der Waals surface area contributed by atoms with Crippen molar-refractivity contribution < 1.29 is 0 Å². The Morgan fingerprint density at radius 1 is 1.18 bits per heavy atom. The van der Waals surface area contributed by atoms with Gasteiger partial charge in [-0.25, -0.2) is 9.50 Å². The first-order valence-electron chi connectivity index (χ1n) is 6.54. The van der Waals surface area contributed by atoms with E-state index in [1.807, 2.05) is 30.3 Å². The van der Waals surface area contributed by atoms with E-state index in [1.54, 1.807) is 16.6 Å². The van der Waals surface area contributed by atoms with Crippen molar-refractivity contribution >= 4 is 44.4 Å². The van der Waals surface area contributed by atoms with Crippen LogP contribution in [-0.4, -0.2) is 19.6 Å². The fourth-order valence-electron chi connectivity index (χ4n) is 2.31. The number of H-pyrrole nitrogens is 1. The number of imidazole rings is 1. The van der Waals surface area contributed by atoms with Crippen molar-refractivity contribution in [1.29, 1.82) is 5.26 Å². The van der Waals surface area contributed by atoms with Crippen LogP contribution < -0.4 is 5.32 Å². The Morgan fingerprint density at radius 3 is 2.91 bits per heavy atom. The Kier molecular flexibility index (Phi) is 2.84. The summed E-state index contributed by atoms with van der Waals surface area (Å²) in [7, 11) is 0. The maximum atomic E-state index is 8.93. The molecule has 2 N–H and O–H groups in total. The zero-order valence-corrected chi connectivity index (χ0v) is 12.8. The third kappa shape index (κ3) is 2.10. The van der Waals surface area contributed by atoms with Crippen molar-refractivity contribution in [3.63, 3.8) is 0 Å². The first-order chi connectivity index (χ1) is 10.7. The van der Waals surface area contributed by atoms with Gasteiger partial charge in [-0.1, -0.05) is 22.0 Å². The van der Waals surface area contributed by atoms with Crippen molar-refractivity contribution in [2.45, 2.75) is 0 Å². The smallest absolute Gasteiger partial charge is 0.253 e. The van der Waals surface area contributed by atoms with E-state index in [9.17, 15) is 0 Å². The normalized spacial score (nSPS) is 10.9. The van der Waals surface area contributed by atoms with Gasteiger partial charge in [0.2, 0.25) is 5.95 Å². The molecule has 2 aromatic carbocycles. The van der Waals surface area contributed by atoms with Crippen molar-refractivity contribution in [3.8, 4) is 6.07 Å². The highest BCUT2D eigenvalue weighted by molar-refractivity contribution is 9.10. The monoisotopic (exact) mass is 352 g/mol. The minimum Gasteiger partial charge on any atom is -0.325 e. The number of aromatic amines is 1. The second kappa shape index (κ2) is 4.86. The summed E-state index contributed by atoms with van der Waals surface area (Å²) < 4.78 is 2.78. The van der Waals surface area contributed by atoms with Crippen LogP contribution in [0.4, 0.5) is 11.6 Å². The third-order valence-electron chi connectivity index (χ3n) is 3.28. The molecular formula is C15H9BrN6. The van der Waals surface area contributed by atoms with Gasteiger partial charge in [-0.2, -0.15) is 10.2 Å². The van der Waals surface area contributed by atoms with Crippen LogP contribution >= 0.6 is 15.9 Å². The summed E-state index contributed by atoms with van der Waals surface area (Å²) in [5.41, 5.74) is 3.12. The zero-order valence-electron chi connectivity index (χ0n) is 11.2. The Morgan fingerprint density at radius 2 is 2.09 bits per heavy atom. The second-order valence-electron chi connectivity index (χ2n) is 4.77. The Hall–Kier alpha value is -2.85. The molecule has 22 heavy (non-hydrogen) atoms. The molecule has 106 valence electrons. The van der Waals surface area contributed by atoms with Crippen LogP contribution in [0.2, 0.25) is 0 Å². The number of nitrogens with zero attached hydrogens (tertiary/aromatic N) is 4. The molecule has 0 atom stereocenters. The number of anilines is 2. The first-order valence-corrected chi connectivity index (χ1v) is 7.33. The van der Waals surface area contributed by atoms with Gasteiger partial charge in [0.1, 0.15) is 0 Å². The van der Waals surface area contributed by atoms with E-state index in [0.29, 0.717) is 17.3 Å². The van der Waals surface area contributed by atoms with E-state index in [0.717, 1.165) is 21.2 Å². The minimum absolute atomic E-state index is 0.558. The molecule has 0 radical (unpaired) electrons. The fraction of sp³-hybridized carbons (Fsp3) is 0. The summed E-state index contributed by atoms with van der Waals surface area (Å²) in [4.78, 5) is 8.84. The summed E-state index contributed by atoms with van der Waals surface area (Å²) in [6.45, 7) is 0. The van der Waals surface area contributed by atoms with Crippen LogP contribution in [0.15, 0.2) is 46.9 Å². The van der Waals surface area contributed by atoms with E-state index in [2.05, 4.69) is 42.4 Å². The summed E-state index contributed by atoms with van der Waals surface area (Å²) in [6.07, 6.45) is 0. The predicted octanol–water partition coefficient (Wildman–Crippen LogP) is 3.59. The Bertz CT molecular complexity index is 1040. The number of nitrogens with one attached hydrogen (secondary N) is 2. The van der Waals surface area contributed by atoms with Gasteiger partial charge in [0.15, 0.2) is 0 Å². The van der Waals surface area contributed by atoms with Gasteiger partial charge in [0.05, 0.1) is 22.7 Å². The molecule has 7 heteroatoms. The van der Waals surface area contributed by atoms with Crippen LogP contribution in [0, 0.1) is 11.3 Å². The number of halogens is 1. The van der Waals surface area contributed by atoms with Crippen LogP contribution in [0.3, 0.4) is 0 Å². The molecular weight excluding hydrogens is 344 g/mol. The molecule has 0 bridgehead atoms. The van der Waals surface area contributed by atoms with Gasteiger partial charge in [-0.15, -0.1) is 0 Å². The third-order valence-corrected chi connectivity index (χ3v) is 3.78. The van der Waals surface area contributed by atoms with Gasteiger partial charge in [0, 0.05) is 10.2 Å². The number of hydrogen-bond acceptors (Lipinski definition) is 4. The SMILES string of the molecule is N#Cc1ccc2c(c1)nc1nc(Nc3cccc(Br)c3)[nH]n12. The molecule has 2 aromatic heterocycles. The molecule has 0 saturated carbocycles. The van der Waals surface area contributed by atoms with Gasteiger partial charge in [-0.05, 0) is 36.4 Å². The summed E-state index contributed by atoms with van der Waals surface area (Å²) in [5, 5.41) is 15.3. The summed E-state index contributed by atoms with van der Waals surface area (Å²) in [5.74, 6) is 1.16. The van der Waals surface area contributed by atoms with Crippen molar-refractivity contribution in [1.82, 2.24) is 19.6 Å². The van der Waals surface area contributed by atoms with Crippen LogP contribution in [0.1, 0.15) is 5.56 Å². The molecule has 4 rings (SSSR count). The molecule has 0 saturated heterocycles. The number of aromatic nitrogens is 4. The molecule has 0 unspecified atom stereocenters. The minimum atomic E-state index is 0.558. The van der Waals surface area contributed by atoms with Crippen LogP contribution in [0.25, 0.3) is 16.8 Å². The van der Waals surface area contributed by atoms with Gasteiger partial charge >= 0.3 is 0 Å². The fourth-order valence-corrected chi connectivity index (χ4v) is 2.71. The van der Waals surface area contributed by atoms with E-state index < -0.39 is 0 Å². The average Bonchev–Trinajstić information content (AvgIpc) is 3.03. The van der Waals surface area contributed by atoms with Gasteiger partial charge in [-0.3, -0.25) is 5.10 Å². The lowest BCUT2D eigenvalue weighted by molar-refractivity contribution is 1.01. The summed E-state index contributed by atoms with van der Waals surface area (Å²) >= 11 is 3.43. The molecule has 0 aliphatic carbocycles. The molecule has 0 spiro atoms. The molecule has 4 aromatic rings. The number of rotatable bonds is 2. The van der Waals surface area contributed by atoms with Crippen LogP contribution in [-0.2, 0) is 0 Å². The van der Waals surface area contributed by atoms with Crippen molar-refractivity contribution in [2.24, 2.45) is 0 Å². The van der Waals surface area contributed by atoms with Gasteiger partial charge in [0.25, 0.3) is 5.78 Å².